The van der Waals surface area contributed by atoms with Crippen LogP contribution in [0, 0.1) is 6.92 Å². The number of imidazole rings is 1. The summed E-state index contributed by atoms with van der Waals surface area (Å²) in [4.78, 5) is 9.20. The highest BCUT2D eigenvalue weighted by molar-refractivity contribution is 6.17. The van der Waals surface area contributed by atoms with E-state index in [1.54, 1.807) is 0 Å². The molecule has 20 heavy (non-hydrogen) atoms. The predicted octanol–water partition coefficient (Wildman–Crippen LogP) is 3.34. The lowest BCUT2D eigenvalue weighted by Crippen LogP contribution is -2.31. The molecule has 0 radical (unpaired) electrons. The normalized spacial score (nSPS) is 12.2. The van der Waals surface area contributed by atoms with E-state index in [0.717, 1.165) is 35.5 Å². The number of pyridine rings is 1. The highest BCUT2D eigenvalue weighted by atomic mass is 35.5. The minimum absolute atomic E-state index is 0.255. The molecule has 0 saturated carbocycles. The molecular weight excluding hydrogens is 274 g/mol. The van der Waals surface area contributed by atoms with E-state index in [2.05, 4.69) is 30.3 Å². The van der Waals surface area contributed by atoms with Gasteiger partial charge in [-0.05, 0) is 39.3 Å². The lowest BCUT2D eigenvalue weighted by Gasteiger charge is -2.26. The maximum absolute atomic E-state index is 5.90. The summed E-state index contributed by atoms with van der Waals surface area (Å²) in [6, 6.07) is 1.98. The predicted molar refractivity (Wildman–Crippen MR) is 82.4 cm³/mol. The molecule has 0 spiro atoms. The van der Waals surface area contributed by atoms with Crippen LogP contribution in [0.1, 0.15) is 32.2 Å². The maximum Gasteiger partial charge on any atom is 0.160 e. The molecule has 0 saturated heterocycles. The first-order valence-corrected chi connectivity index (χ1v) is 7.52. The van der Waals surface area contributed by atoms with Crippen LogP contribution in [0.15, 0.2) is 12.3 Å². The zero-order chi connectivity index (χ0) is 14.8. The van der Waals surface area contributed by atoms with Crippen molar-refractivity contribution in [2.45, 2.75) is 46.3 Å². The highest BCUT2D eigenvalue weighted by Crippen LogP contribution is 2.22. The number of rotatable bonds is 6. The first kappa shape index (κ1) is 15.3. The molecule has 0 unspecified atom stereocenters. The summed E-state index contributed by atoms with van der Waals surface area (Å²) >= 11 is 5.90. The van der Waals surface area contributed by atoms with E-state index in [1.165, 1.54) is 0 Å². The summed E-state index contributed by atoms with van der Waals surface area (Å²) in [5, 5.41) is 0. The third-order valence-corrected chi connectivity index (χ3v) is 3.50. The van der Waals surface area contributed by atoms with E-state index >= 15 is 0 Å². The van der Waals surface area contributed by atoms with Crippen molar-refractivity contribution in [2.75, 3.05) is 12.5 Å². The Balaban J connectivity index is 2.49. The molecule has 0 amide bonds. The Kier molecular flexibility index (Phi) is 4.66. The van der Waals surface area contributed by atoms with Crippen LogP contribution in [0.2, 0.25) is 0 Å². The first-order valence-electron chi connectivity index (χ1n) is 6.99. The van der Waals surface area contributed by atoms with E-state index in [4.69, 9.17) is 21.3 Å². The van der Waals surface area contributed by atoms with Crippen molar-refractivity contribution >= 4 is 22.8 Å². The summed E-state index contributed by atoms with van der Waals surface area (Å²) in [6.45, 7) is 9.65. The zero-order valence-corrected chi connectivity index (χ0v) is 13.4. The van der Waals surface area contributed by atoms with E-state index in [0.29, 0.717) is 12.5 Å². The Hall–Kier alpha value is -1.13. The molecule has 0 aliphatic heterocycles. The lowest BCUT2D eigenvalue weighted by molar-refractivity contribution is -0.0222. The molecule has 0 aromatic carbocycles. The number of aryl methyl sites for hydroxylation is 2. The van der Waals surface area contributed by atoms with Gasteiger partial charge in [0.25, 0.3) is 0 Å². The zero-order valence-electron chi connectivity index (χ0n) is 12.6. The van der Waals surface area contributed by atoms with Gasteiger partial charge in [0.1, 0.15) is 11.3 Å². The molecule has 2 aromatic heterocycles. The Bertz CT molecular complexity index is 592. The van der Waals surface area contributed by atoms with Gasteiger partial charge in [0.15, 0.2) is 5.65 Å². The summed E-state index contributed by atoms with van der Waals surface area (Å²) in [7, 11) is 0. The van der Waals surface area contributed by atoms with Crippen LogP contribution < -0.4 is 0 Å². The molecule has 2 heterocycles. The van der Waals surface area contributed by atoms with Crippen LogP contribution in [-0.2, 0) is 17.7 Å². The van der Waals surface area contributed by atoms with Crippen molar-refractivity contribution in [2.24, 2.45) is 0 Å². The second-order valence-corrected chi connectivity index (χ2v) is 5.92. The lowest BCUT2D eigenvalue weighted by atomic mass is 10.1. The summed E-state index contributed by atoms with van der Waals surface area (Å²) < 4.78 is 7.94. The van der Waals surface area contributed by atoms with E-state index in [-0.39, 0.29) is 5.60 Å². The SMILES string of the molecule is CCOC(C)(C)Cn1c(CCCl)nc2c(C)ccnc21. The van der Waals surface area contributed by atoms with Crippen LogP contribution in [0.25, 0.3) is 11.2 Å². The van der Waals surface area contributed by atoms with Crippen LogP contribution in [0.3, 0.4) is 0 Å². The maximum atomic E-state index is 5.90. The number of hydrogen-bond donors (Lipinski definition) is 0. The Morgan fingerprint density at radius 1 is 1.40 bits per heavy atom. The number of halogens is 1. The van der Waals surface area contributed by atoms with Gasteiger partial charge in [-0.2, -0.15) is 0 Å². The Morgan fingerprint density at radius 2 is 2.15 bits per heavy atom. The highest BCUT2D eigenvalue weighted by Gasteiger charge is 2.23. The third kappa shape index (κ3) is 3.13. The number of hydrogen-bond acceptors (Lipinski definition) is 3. The summed E-state index contributed by atoms with van der Waals surface area (Å²) in [5.74, 6) is 1.53. The largest absolute Gasteiger partial charge is 0.374 e. The molecule has 0 aliphatic carbocycles. The van der Waals surface area contributed by atoms with Crippen molar-refractivity contribution in [3.63, 3.8) is 0 Å². The van der Waals surface area contributed by atoms with Gasteiger partial charge in [-0.25, -0.2) is 9.97 Å². The van der Waals surface area contributed by atoms with Gasteiger partial charge in [0.2, 0.25) is 0 Å². The van der Waals surface area contributed by atoms with Crippen LogP contribution >= 0.6 is 11.6 Å². The van der Waals surface area contributed by atoms with E-state index in [9.17, 15) is 0 Å². The number of alkyl halides is 1. The van der Waals surface area contributed by atoms with Crippen molar-refractivity contribution in [3.8, 4) is 0 Å². The molecular formula is C15H22ClN3O. The number of fused-ring (bicyclic) bond motifs is 1. The number of aromatic nitrogens is 3. The minimum atomic E-state index is -0.255. The first-order chi connectivity index (χ1) is 9.48. The van der Waals surface area contributed by atoms with Gasteiger partial charge in [0.05, 0.1) is 12.1 Å². The molecule has 2 aromatic rings. The number of ether oxygens (including phenoxy) is 1. The molecule has 0 bridgehead atoms. The van der Waals surface area contributed by atoms with Crippen molar-refractivity contribution in [1.29, 1.82) is 0 Å². The topological polar surface area (TPSA) is 39.9 Å². The smallest absolute Gasteiger partial charge is 0.160 e. The van der Waals surface area contributed by atoms with Gasteiger partial charge in [-0.3, -0.25) is 0 Å². The minimum Gasteiger partial charge on any atom is -0.374 e. The fourth-order valence-corrected chi connectivity index (χ4v) is 2.61. The van der Waals surface area contributed by atoms with Crippen molar-refractivity contribution < 1.29 is 4.74 Å². The molecule has 0 atom stereocenters. The van der Waals surface area contributed by atoms with Gasteiger partial charge >= 0.3 is 0 Å². The summed E-state index contributed by atoms with van der Waals surface area (Å²) in [6.07, 6.45) is 2.56. The van der Waals surface area contributed by atoms with Gasteiger partial charge in [-0.15, -0.1) is 11.6 Å². The van der Waals surface area contributed by atoms with Gasteiger partial charge in [0, 0.05) is 25.1 Å². The second kappa shape index (κ2) is 6.10. The molecule has 5 heteroatoms. The van der Waals surface area contributed by atoms with Crippen LogP contribution in [-0.4, -0.2) is 32.6 Å². The molecule has 110 valence electrons. The molecule has 4 nitrogen and oxygen atoms in total. The third-order valence-electron chi connectivity index (χ3n) is 3.31. The molecule has 0 fully saturated rings. The molecule has 2 rings (SSSR count). The monoisotopic (exact) mass is 295 g/mol. The molecule has 0 N–H and O–H groups in total. The quantitative estimate of drug-likeness (QED) is 0.767. The van der Waals surface area contributed by atoms with Crippen molar-refractivity contribution in [3.05, 3.63) is 23.7 Å². The van der Waals surface area contributed by atoms with Gasteiger partial charge < -0.3 is 9.30 Å². The average Bonchev–Trinajstić information content (AvgIpc) is 2.69. The van der Waals surface area contributed by atoms with E-state index < -0.39 is 0 Å². The van der Waals surface area contributed by atoms with Crippen molar-refractivity contribution in [1.82, 2.24) is 14.5 Å². The van der Waals surface area contributed by atoms with Gasteiger partial charge in [-0.1, -0.05) is 0 Å². The fraction of sp³-hybridized carbons (Fsp3) is 0.600. The Labute approximate surface area is 125 Å². The standard InChI is InChI=1S/C15H22ClN3O/c1-5-20-15(3,4)10-19-12(6-8-16)18-13-11(2)7-9-17-14(13)19/h7,9H,5-6,8,10H2,1-4H3. The van der Waals surface area contributed by atoms with Crippen LogP contribution in [0.5, 0.6) is 0 Å². The van der Waals surface area contributed by atoms with Crippen LogP contribution in [0.4, 0.5) is 0 Å². The average molecular weight is 296 g/mol. The second-order valence-electron chi connectivity index (χ2n) is 5.55. The summed E-state index contributed by atoms with van der Waals surface area (Å²) in [5.41, 5.74) is 2.76. The molecule has 0 aliphatic rings. The van der Waals surface area contributed by atoms with E-state index in [1.807, 2.05) is 19.2 Å². The Morgan fingerprint density at radius 3 is 2.80 bits per heavy atom. The number of nitrogens with zero attached hydrogens (tertiary/aromatic N) is 3. The fourth-order valence-electron chi connectivity index (χ4n) is 2.44.